The van der Waals surface area contributed by atoms with E-state index in [1.807, 2.05) is 0 Å². The topological polar surface area (TPSA) is 0 Å². The second kappa shape index (κ2) is 3.39. The lowest BCUT2D eigenvalue weighted by atomic mass is 9.93. The average molecular weight is 304 g/mol. The summed E-state index contributed by atoms with van der Waals surface area (Å²) in [6, 6.07) is 8.72. The van der Waals surface area contributed by atoms with Gasteiger partial charge in [-0.05, 0) is 30.5 Å². The van der Waals surface area contributed by atoms with Gasteiger partial charge in [-0.3, -0.25) is 0 Å². The monoisotopic (exact) mass is 302 g/mol. The van der Waals surface area contributed by atoms with Gasteiger partial charge in [0, 0.05) is 14.7 Å². The smallest absolute Gasteiger partial charge is 0.0214 e. The highest BCUT2D eigenvalue weighted by Crippen LogP contribution is 2.53. The Kier molecular flexibility index (Phi) is 2.54. The van der Waals surface area contributed by atoms with Crippen molar-refractivity contribution in [1.29, 1.82) is 0 Å². The number of halogens is 2. The fraction of sp³-hybridized carbons (Fsp3) is 0.455. The molecule has 2 heteroatoms. The highest BCUT2D eigenvalue weighted by molar-refractivity contribution is 9.10. The normalized spacial score (nSPS) is 21.2. The fourth-order valence-electron chi connectivity index (χ4n) is 1.83. The van der Waals surface area contributed by atoms with E-state index in [2.05, 4.69) is 63.0 Å². The molecule has 13 heavy (non-hydrogen) atoms. The van der Waals surface area contributed by atoms with Crippen molar-refractivity contribution < 1.29 is 0 Å². The van der Waals surface area contributed by atoms with Crippen LogP contribution < -0.4 is 0 Å². The molecule has 70 valence electrons. The molecule has 1 unspecified atom stereocenters. The van der Waals surface area contributed by atoms with Gasteiger partial charge in [-0.25, -0.2) is 0 Å². The number of rotatable bonds is 2. The van der Waals surface area contributed by atoms with E-state index in [-0.39, 0.29) is 0 Å². The van der Waals surface area contributed by atoms with Crippen LogP contribution in [0.25, 0.3) is 0 Å². The Morgan fingerprint density at radius 1 is 1.23 bits per heavy atom. The number of hydrogen-bond donors (Lipinski definition) is 0. The molecule has 1 atom stereocenters. The molecule has 0 aromatic heterocycles. The quantitative estimate of drug-likeness (QED) is 0.716. The van der Waals surface area contributed by atoms with Crippen LogP contribution in [-0.2, 0) is 5.41 Å². The fourth-order valence-corrected chi connectivity index (χ4v) is 2.82. The highest BCUT2D eigenvalue weighted by Gasteiger charge is 2.47. The van der Waals surface area contributed by atoms with Crippen LogP contribution in [0.15, 0.2) is 28.7 Å². The third-order valence-electron chi connectivity index (χ3n) is 2.97. The molecule has 1 aromatic rings. The largest absolute Gasteiger partial charge is 0.0884 e. The zero-order valence-electron chi connectivity index (χ0n) is 7.56. The zero-order chi connectivity index (χ0) is 9.47. The van der Waals surface area contributed by atoms with Gasteiger partial charge in [-0.15, -0.1) is 0 Å². The summed E-state index contributed by atoms with van der Waals surface area (Å²) in [6.45, 7) is 2.25. The molecule has 1 aromatic carbocycles. The second-order valence-corrected chi connectivity index (χ2v) is 6.07. The van der Waals surface area contributed by atoms with Crippen molar-refractivity contribution in [3.63, 3.8) is 0 Å². The lowest BCUT2D eigenvalue weighted by molar-refractivity contribution is 0.691. The summed E-state index contributed by atoms with van der Waals surface area (Å²) in [5, 5.41) is 0. The van der Waals surface area contributed by atoms with Crippen molar-refractivity contribution in [3.8, 4) is 0 Å². The van der Waals surface area contributed by atoms with Crippen LogP contribution in [0.5, 0.6) is 0 Å². The third kappa shape index (κ3) is 1.71. The van der Waals surface area contributed by atoms with Crippen LogP contribution in [0.3, 0.4) is 0 Å². The molecule has 0 saturated heterocycles. The van der Waals surface area contributed by atoms with E-state index >= 15 is 0 Å². The standard InChI is InChI=1S/C11H12Br2/c1-8(12)11(6-7-11)9-2-4-10(13)5-3-9/h2-5,8H,6-7H2,1H3. The van der Waals surface area contributed by atoms with Crippen LogP contribution >= 0.6 is 31.9 Å². The molecule has 0 radical (unpaired) electrons. The first kappa shape index (κ1) is 9.72. The maximum Gasteiger partial charge on any atom is 0.0214 e. The predicted molar refractivity (Wildman–Crippen MR) is 63.4 cm³/mol. The molecule has 0 heterocycles. The molecule has 1 aliphatic rings. The van der Waals surface area contributed by atoms with Crippen LogP contribution in [0.4, 0.5) is 0 Å². The summed E-state index contributed by atoms with van der Waals surface area (Å²) >= 11 is 7.16. The van der Waals surface area contributed by atoms with Crippen molar-refractivity contribution in [2.24, 2.45) is 0 Å². The van der Waals surface area contributed by atoms with E-state index in [1.165, 1.54) is 18.4 Å². The minimum Gasteiger partial charge on any atom is -0.0884 e. The molecular weight excluding hydrogens is 292 g/mol. The highest BCUT2D eigenvalue weighted by atomic mass is 79.9. The van der Waals surface area contributed by atoms with Crippen molar-refractivity contribution in [1.82, 2.24) is 0 Å². The Balaban J connectivity index is 2.31. The molecule has 0 nitrogen and oxygen atoms in total. The molecule has 1 saturated carbocycles. The van der Waals surface area contributed by atoms with E-state index in [0.717, 1.165) is 4.47 Å². The van der Waals surface area contributed by atoms with Gasteiger partial charge >= 0.3 is 0 Å². The van der Waals surface area contributed by atoms with Gasteiger partial charge in [0.25, 0.3) is 0 Å². The van der Waals surface area contributed by atoms with Crippen LogP contribution in [-0.4, -0.2) is 4.83 Å². The summed E-state index contributed by atoms with van der Waals surface area (Å²) in [5.41, 5.74) is 1.90. The molecule has 0 amide bonds. The Morgan fingerprint density at radius 2 is 1.77 bits per heavy atom. The van der Waals surface area contributed by atoms with Gasteiger partial charge in [0.2, 0.25) is 0 Å². The van der Waals surface area contributed by atoms with E-state index < -0.39 is 0 Å². The van der Waals surface area contributed by atoms with Crippen LogP contribution in [0, 0.1) is 0 Å². The van der Waals surface area contributed by atoms with Crippen LogP contribution in [0.2, 0.25) is 0 Å². The first-order valence-corrected chi connectivity index (χ1v) is 6.26. The summed E-state index contributed by atoms with van der Waals surface area (Å²) in [7, 11) is 0. The average Bonchev–Trinajstić information content (AvgIpc) is 2.86. The van der Waals surface area contributed by atoms with Crippen LogP contribution in [0.1, 0.15) is 25.3 Å². The van der Waals surface area contributed by atoms with Crippen molar-refractivity contribution in [3.05, 3.63) is 34.3 Å². The van der Waals surface area contributed by atoms with Gasteiger partial charge in [0.1, 0.15) is 0 Å². The molecule has 2 rings (SSSR count). The summed E-state index contributed by atoms with van der Waals surface area (Å²) in [6.07, 6.45) is 2.64. The van der Waals surface area contributed by atoms with Gasteiger partial charge in [-0.1, -0.05) is 50.9 Å². The van der Waals surface area contributed by atoms with E-state index in [0.29, 0.717) is 10.2 Å². The molecule has 1 fully saturated rings. The molecule has 0 spiro atoms. The van der Waals surface area contributed by atoms with Gasteiger partial charge in [-0.2, -0.15) is 0 Å². The number of hydrogen-bond acceptors (Lipinski definition) is 0. The van der Waals surface area contributed by atoms with Crippen molar-refractivity contribution in [2.45, 2.75) is 30.0 Å². The predicted octanol–water partition coefficient (Wildman–Crippen LogP) is 4.26. The SMILES string of the molecule is CC(Br)C1(c2ccc(Br)cc2)CC1. The lowest BCUT2D eigenvalue weighted by Crippen LogP contribution is -2.16. The van der Waals surface area contributed by atoms with Gasteiger partial charge in [0.05, 0.1) is 0 Å². The van der Waals surface area contributed by atoms with Crippen molar-refractivity contribution >= 4 is 31.9 Å². The molecule has 0 N–H and O–H groups in total. The Morgan fingerprint density at radius 3 is 2.15 bits per heavy atom. The van der Waals surface area contributed by atoms with E-state index in [9.17, 15) is 0 Å². The third-order valence-corrected chi connectivity index (χ3v) is 4.37. The first-order valence-electron chi connectivity index (χ1n) is 4.55. The second-order valence-electron chi connectivity index (χ2n) is 3.78. The minimum atomic E-state index is 0.431. The maximum atomic E-state index is 3.70. The molecule has 0 bridgehead atoms. The number of benzene rings is 1. The maximum absolute atomic E-state index is 3.70. The van der Waals surface area contributed by atoms with Gasteiger partial charge in [0.15, 0.2) is 0 Å². The molecule has 1 aliphatic carbocycles. The zero-order valence-corrected chi connectivity index (χ0v) is 10.7. The summed E-state index contributed by atoms with van der Waals surface area (Å²) < 4.78 is 1.16. The Hall–Kier alpha value is 0.180. The Labute approximate surface area is 96.0 Å². The lowest BCUT2D eigenvalue weighted by Gasteiger charge is -2.18. The minimum absolute atomic E-state index is 0.431. The van der Waals surface area contributed by atoms with E-state index in [4.69, 9.17) is 0 Å². The summed E-state index contributed by atoms with van der Waals surface area (Å²) in [5.74, 6) is 0. The first-order chi connectivity index (χ1) is 6.15. The summed E-state index contributed by atoms with van der Waals surface area (Å²) in [4.78, 5) is 0.584. The van der Waals surface area contributed by atoms with Gasteiger partial charge < -0.3 is 0 Å². The Bertz CT molecular complexity index is 296. The molecular formula is C11H12Br2. The van der Waals surface area contributed by atoms with E-state index in [1.54, 1.807) is 0 Å². The number of alkyl halides is 1. The van der Waals surface area contributed by atoms with Crippen molar-refractivity contribution in [2.75, 3.05) is 0 Å². The molecule has 0 aliphatic heterocycles.